The van der Waals surface area contributed by atoms with Crippen LogP contribution in [-0.4, -0.2) is 13.9 Å². The molecule has 0 rings (SSSR count). The first-order chi connectivity index (χ1) is 4.81. The van der Waals surface area contributed by atoms with Crippen molar-refractivity contribution in [2.24, 2.45) is 0 Å². The molecule has 0 saturated heterocycles. The fourth-order valence-electron chi connectivity index (χ4n) is 0.236. The standard InChI is InChI=1S/C5H5F3O2S/c1-2-3-4-11(9,10)5(6,7)8/h2-4H,1H2. The number of halogens is 3. The molecule has 0 aliphatic heterocycles. The second-order valence-corrected chi connectivity index (χ2v) is 3.38. The molecule has 0 saturated carbocycles. The van der Waals surface area contributed by atoms with Gasteiger partial charge in [-0.25, -0.2) is 8.42 Å². The third-order valence-electron chi connectivity index (χ3n) is 0.716. The minimum absolute atomic E-state index is 0.0556. The van der Waals surface area contributed by atoms with Crippen LogP contribution in [0.3, 0.4) is 0 Å². The molecule has 0 atom stereocenters. The zero-order valence-electron chi connectivity index (χ0n) is 5.30. The average molecular weight is 186 g/mol. The van der Waals surface area contributed by atoms with Crippen LogP contribution in [0.15, 0.2) is 24.1 Å². The molecule has 2 nitrogen and oxygen atoms in total. The van der Waals surface area contributed by atoms with E-state index in [0.29, 0.717) is 6.08 Å². The monoisotopic (exact) mass is 186 g/mol. The molecule has 0 radical (unpaired) electrons. The van der Waals surface area contributed by atoms with Crippen molar-refractivity contribution in [2.75, 3.05) is 0 Å². The van der Waals surface area contributed by atoms with Crippen molar-refractivity contribution < 1.29 is 21.6 Å². The van der Waals surface area contributed by atoms with E-state index in [-0.39, 0.29) is 5.41 Å². The Kier molecular flexibility index (Phi) is 2.86. The van der Waals surface area contributed by atoms with Gasteiger partial charge in [0.1, 0.15) is 0 Å². The van der Waals surface area contributed by atoms with E-state index in [9.17, 15) is 21.6 Å². The lowest BCUT2D eigenvalue weighted by Gasteiger charge is -2.01. The lowest BCUT2D eigenvalue weighted by Crippen LogP contribution is -2.20. The summed E-state index contributed by atoms with van der Waals surface area (Å²) in [4.78, 5) is 0. The van der Waals surface area contributed by atoms with E-state index in [0.717, 1.165) is 6.08 Å². The van der Waals surface area contributed by atoms with Gasteiger partial charge < -0.3 is 0 Å². The van der Waals surface area contributed by atoms with Crippen molar-refractivity contribution in [3.05, 3.63) is 24.1 Å². The van der Waals surface area contributed by atoms with E-state index in [1.165, 1.54) is 0 Å². The molecule has 0 aromatic heterocycles. The molecule has 0 amide bonds. The van der Waals surface area contributed by atoms with E-state index in [1.54, 1.807) is 0 Å². The largest absolute Gasteiger partial charge is 0.501 e. The number of hydrogen-bond acceptors (Lipinski definition) is 2. The highest BCUT2D eigenvalue weighted by molar-refractivity contribution is 7.95. The number of sulfone groups is 1. The molecule has 0 aromatic carbocycles. The van der Waals surface area contributed by atoms with Crippen molar-refractivity contribution in [1.29, 1.82) is 0 Å². The van der Waals surface area contributed by atoms with Crippen LogP contribution in [0.1, 0.15) is 0 Å². The van der Waals surface area contributed by atoms with Gasteiger partial charge in [-0.1, -0.05) is 18.7 Å². The zero-order chi connectivity index (χ0) is 9.12. The topological polar surface area (TPSA) is 34.1 Å². The quantitative estimate of drug-likeness (QED) is 0.614. The summed E-state index contributed by atoms with van der Waals surface area (Å²) in [6.45, 7) is 3.03. The molecule has 11 heavy (non-hydrogen) atoms. The molecule has 0 aromatic rings. The lowest BCUT2D eigenvalue weighted by molar-refractivity contribution is -0.0423. The van der Waals surface area contributed by atoms with Gasteiger partial charge in [-0.15, -0.1) is 0 Å². The van der Waals surface area contributed by atoms with Gasteiger partial charge in [0.05, 0.1) is 0 Å². The molecule has 0 N–H and O–H groups in total. The van der Waals surface area contributed by atoms with Crippen LogP contribution >= 0.6 is 0 Å². The summed E-state index contributed by atoms with van der Waals surface area (Å²) < 4.78 is 54.8. The number of rotatable bonds is 2. The van der Waals surface area contributed by atoms with Crippen LogP contribution < -0.4 is 0 Å². The summed E-state index contributed by atoms with van der Waals surface area (Å²) in [5.74, 6) is 0. The Hall–Kier alpha value is -0.780. The third kappa shape index (κ3) is 2.75. The lowest BCUT2D eigenvalue weighted by atomic mass is 10.6. The van der Waals surface area contributed by atoms with Gasteiger partial charge in [0, 0.05) is 5.41 Å². The van der Waals surface area contributed by atoms with Gasteiger partial charge in [-0.05, 0) is 0 Å². The zero-order valence-corrected chi connectivity index (χ0v) is 6.11. The average Bonchev–Trinajstić information content (AvgIpc) is 1.81. The van der Waals surface area contributed by atoms with E-state index in [2.05, 4.69) is 6.58 Å². The molecule has 64 valence electrons. The maximum atomic E-state index is 11.5. The Morgan fingerprint density at radius 2 is 1.73 bits per heavy atom. The van der Waals surface area contributed by atoms with Crippen molar-refractivity contribution in [3.8, 4) is 0 Å². The van der Waals surface area contributed by atoms with Crippen LogP contribution in [0.5, 0.6) is 0 Å². The summed E-state index contributed by atoms with van der Waals surface area (Å²) in [5.41, 5.74) is -5.22. The van der Waals surface area contributed by atoms with Crippen LogP contribution in [0.25, 0.3) is 0 Å². The van der Waals surface area contributed by atoms with Crippen LogP contribution in [0, 0.1) is 0 Å². The van der Waals surface area contributed by atoms with Gasteiger partial charge in [0.25, 0.3) is 9.84 Å². The molecule has 0 bridgehead atoms. The maximum absolute atomic E-state index is 11.5. The van der Waals surface area contributed by atoms with E-state index in [1.807, 2.05) is 0 Å². The van der Waals surface area contributed by atoms with Crippen molar-refractivity contribution in [2.45, 2.75) is 5.51 Å². The van der Waals surface area contributed by atoms with Crippen LogP contribution in [0.2, 0.25) is 0 Å². The minimum Gasteiger partial charge on any atom is -0.215 e. The number of allylic oxidation sites excluding steroid dienone is 2. The molecular formula is C5H5F3O2S. The Morgan fingerprint density at radius 3 is 2.00 bits per heavy atom. The van der Waals surface area contributed by atoms with Crippen molar-refractivity contribution in [3.63, 3.8) is 0 Å². The normalized spacial score (nSPS) is 13.7. The first-order valence-electron chi connectivity index (χ1n) is 2.42. The van der Waals surface area contributed by atoms with E-state index in [4.69, 9.17) is 0 Å². The Morgan fingerprint density at radius 1 is 1.27 bits per heavy atom. The van der Waals surface area contributed by atoms with E-state index >= 15 is 0 Å². The van der Waals surface area contributed by atoms with Gasteiger partial charge in [-0.2, -0.15) is 13.2 Å². The molecule has 6 heteroatoms. The summed E-state index contributed by atoms with van der Waals surface area (Å²) in [7, 11) is -5.11. The number of hydrogen-bond donors (Lipinski definition) is 0. The summed E-state index contributed by atoms with van der Waals surface area (Å²) in [6.07, 6.45) is 1.66. The molecular weight excluding hydrogens is 181 g/mol. The van der Waals surface area contributed by atoms with Gasteiger partial charge >= 0.3 is 5.51 Å². The van der Waals surface area contributed by atoms with Gasteiger partial charge in [0.2, 0.25) is 0 Å². The predicted octanol–water partition coefficient (Wildman–Crippen LogP) is 1.62. The van der Waals surface area contributed by atoms with Crippen molar-refractivity contribution in [1.82, 2.24) is 0 Å². The molecule has 0 heterocycles. The van der Waals surface area contributed by atoms with Gasteiger partial charge in [-0.3, -0.25) is 0 Å². The smallest absolute Gasteiger partial charge is 0.215 e. The Balaban J connectivity index is 4.78. The SMILES string of the molecule is C=CC=CS(=O)(=O)C(F)(F)F. The first-order valence-corrected chi connectivity index (χ1v) is 3.96. The second-order valence-electron chi connectivity index (χ2n) is 1.55. The summed E-state index contributed by atoms with van der Waals surface area (Å²) in [6, 6.07) is 0. The molecule has 0 spiro atoms. The van der Waals surface area contributed by atoms with Crippen LogP contribution in [0.4, 0.5) is 13.2 Å². The molecule has 0 unspecified atom stereocenters. The maximum Gasteiger partial charge on any atom is 0.501 e. The van der Waals surface area contributed by atoms with E-state index < -0.39 is 15.3 Å². The molecule has 0 aliphatic carbocycles. The molecule has 0 aliphatic rings. The first kappa shape index (κ1) is 10.2. The van der Waals surface area contributed by atoms with Gasteiger partial charge in [0.15, 0.2) is 0 Å². The number of alkyl halides is 3. The van der Waals surface area contributed by atoms with Crippen molar-refractivity contribution >= 4 is 9.84 Å². The molecule has 0 fully saturated rings. The highest BCUT2D eigenvalue weighted by Crippen LogP contribution is 2.24. The Labute approximate surface area is 61.9 Å². The fraction of sp³-hybridized carbons (Fsp3) is 0.200. The Bertz CT molecular complexity index is 260. The second kappa shape index (κ2) is 3.08. The van der Waals surface area contributed by atoms with Crippen LogP contribution in [-0.2, 0) is 9.84 Å². The summed E-state index contributed by atoms with van der Waals surface area (Å²) >= 11 is 0. The fourth-order valence-corrected chi connectivity index (χ4v) is 0.708. The highest BCUT2D eigenvalue weighted by atomic mass is 32.2. The highest BCUT2D eigenvalue weighted by Gasteiger charge is 2.43. The minimum atomic E-state index is -5.22. The summed E-state index contributed by atoms with van der Waals surface area (Å²) in [5, 5.41) is 0.0556. The third-order valence-corrected chi connectivity index (χ3v) is 1.88. The predicted molar refractivity (Wildman–Crippen MR) is 34.3 cm³/mol.